The normalized spacial score (nSPS) is 17.9. The van der Waals surface area contributed by atoms with Gasteiger partial charge in [0.15, 0.2) is 5.78 Å². The molecule has 0 heterocycles. The SMILES string of the molecule is CCC(O)C(F)(C(=O)CCOC)C(F)(F)F. The van der Waals surface area contributed by atoms with E-state index in [9.17, 15) is 22.4 Å². The van der Waals surface area contributed by atoms with Crippen molar-refractivity contribution in [2.45, 2.75) is 37.7 Å². The molecule has 2 unspecified atom stereocenters. The van der Waals surface area contributed by atoms with Crippen LogP contribution in [-0.2, 0) is 9.53 Å². The van der Waals surface area contributed by atoms with Gasteiger partial charge in [0.25, 0.3) is 5.67 Å². The fourth-order valence-electron chi connectivity index (χ4n) is 1.19. The molecule has 0 aliphatic heterocycles. The number of hydrogen-bond acceptors (Lipinski definition) is 3. The van der Waals surface area contributed by atoms with Crippen molar-refractivity contribution >= 4 is 5.78 Å². The predicted octanol–water partition coefficient (Wildman–Crippen LogP) is 1.63. The van der Waals surface area contributed by atoms with Crippen molar-refractivity contribution in [1.29, 1.82) is 0 Å². The first kappa shape index (κ1) is 15.3. The van der Waals surface area contributed by atoms with E-state index in [2.05, 4.69) is 4.74 Å². The smallest absolute Gasteiger partial charge is 0.389 e. The molecule has 0 rings (SSSR count). The number of carbonyl (C=O) groups is 1. The van der Waals surface area contributed by atoms with E-state index < -0.39 is 36.6 Å². The highest BCUT2D eigenvalue weighted by Gasteiger charge is 2.64. The minimum atomic E-state index is -5.42. The maximum Gasteiger partial charge on any atom is 0.432 e. The number of rotatable bonds is 6. The van der Waals surface area contributed by atoms with Crippen LogP contribution >= 0.6 is 0 Å². The van der Waals surface area contributed by atoms with Crippen LogP contribution in [0.15, 0.2) is 0 Å². The molecule has 0 amide bonds. The van der Waals surface area contributed by atoms with Crippen LogP contribution < -0.4 is 0 Å². The lowest BCUT2D eigenvalue weighted by Gasteiger charge is -2.30. The zero-order valence-electron chi connectivity index (χ0n) is 8.97. The van der Waals surface area contributed by atoms with Crippen molar-refractivity contribution in [3.8, 4) is 0 Å². The Kier molecular flexibility index (Phi) is 5.34. The van der Waals surface area contributed by atoms with Crippen LogP contribution in [0, 0.1) is 0 Å². The van der Waals surface area contributed by atoms with Gasteiger partial charge in [-0.05, 0) is 6.42 Å². The molecular formula is C9H14F4O3. The molecule has 96 valence electrons. The zero-order valence-corrected chi connectivity index (χ0v) is 8.97. The average molecular weight is 246 g/mol. The number of Topliss-reactive ketones (excluding diaryl/α,β-unsaturated/α-hetero) is 1. The van der Waals surface area contributed by atoms with E-state index in [0.717, 1.165) is 6.92 Å². The van der Waals surface area contributed by atoms with E-state index in [1.54, 1.807) is 0 Å². The number of aliphatic hydroxyl groups is 1. The van der Waals surface area contributed by atoms with Crippen LogP contribution in [0.4, 0.5) is 17.6 Å². The lowest BCUT2D eigenvalue weighted by Crippen LogP contribution is -2.56. The summed E-state index contributed by atoms with van der Waals surface area (Å²) in [4.78, 5) is 11.1. The summed E-state index contributed by atoms with van der Waals surface area (Å²) in [6.07, 6.45) is -9.05. The Morgan fingerprint density at radius 2 is 1.88 bits per heavy atom. The van der Waals surface area contributed by atoms with Crippen LogP contribution in [0.25, 0.3) is 0 Å². The van der Waals surface area contributed by atoms with Crippen LogP contribution in [0.5, 0.6) is 0 Å². The Balaban J connectivity index is 5.01. The second kappa shape index (κ2) is 5.58. The molecule has 16 heavy (non-hydrogen) atoms. The molecule has 0 radical (unpaired) electrons. The highest BCUT2D eigenvalue weighted by Crippen LogP contribution is 2.39. The lowest BCUT2D eigenvalue weighted by molar-refractivity contribution is -0.251. The fraction of sp³-hybridized carbons (Fsp3) is 0.889. The highest BCUT2D eigenvalue weighted by molar-refractivity contribution is 5.89. The monoisotopic (exact) mass is 246 g/mol. The summed E-state index contributed by atoms with van der Waals surface area (Å²) in [6.45, 7) is 0.839. The second-order valence-corrected chi connectivity index (χ2v) is 3.30. The van der Waals surface area contributed by atoms with E-state index in [0.29, 0.717) is 0 Å². The molecule has 2 atom stereocenters. The first-order valence-corrected chi connectivity index (χ1v) is 4.67. The van der Waals surface area contributed by atoms with Gasteiger partial charge in [-0.25, -0.2) is 4.39 Å². The molecule has 0 saturated carbocycles. The molecule has 0 saturated heterocycles. The van der Waals surface area contributed by atoms with Crippen molar-refractivity contribution in [1.82, 2.24) is 0 Å². The van der Waals surface area contributed by atoms with Gasteiger partial charge in [0.05, 0.1) is 6.61 Å². The minimum Gasteiger partial charge on any atom is -0.389 e. The molecule has 1 N–H and O–H groups in total. The fourth-order valence-corrected chi connectivity index (χ4v) is 1.19. The molecule has 7 heteroatoms. The van der Waals surface area contributed by atoms with Gasteiger partial charge >= 0.3 is 6.18 Å². The van der Waals surface area contributed by atoms with Crippen molar-refractivity contribution < 1.29 is 32.2 Å². The number of carbonyl (C=O) groups excluding carboxylic acids is 1. The molecule has 0 aromatic heterocycles. The van der Waals surface area contributed by atoms with Gasteiger partial charge in [-0.2, -0.15) is 13.2 Å². The number of hydrogen-bond donors (Lipinski definition) is 1. The number of ether oxygens (including phenoxy) is 1. The zero-order chi connectivity index (χ0) is 13.0. The van der Waals surface area contributed by atoms with Crippen molar-refractivity contribution in [2.75, 3.05) is 13.7 Å². The van der Waals surface area contributed by atoms with E-state index >= 15 is 0 Å². The van der Waals surface area contributed by atoms with Crippen LogP contribution in [-0.4, -0.2) is 42.6 Å². The number of methoxy groups -OCH3 is 1. The molecule has 0 fully saturated rings. The van der Waals surface area contributed by atoms with Crippen molar-refractivity contribution in [3.05, 3.63) is 0 Å². The summed E-state index contributed by atoms with van der Waals surface area (Å²) in [6, 6.07) is 0. The van der Waals surface area contributed by atoms with Gasteiger partial charge in [0.1, 0.15) is 6.10 Å². The maximum absolute atomic E-state index is 13.6. The van der Waals surface area contributed by atoms with E-state index in [1.165, 1.54) is 7.11 Å². The molecule has 0 aliphatic carbocycles. The number of halogens is 4. The minimum absolute atomic E-state index is 0.322. The third kappa shape index (κ3) is 2.91. The van der Waals surface area contributed by atoms with E-state index in [-0.39, 0.29) is 6.61 Å². The van der Waals surface area contributed by atoms with Gasteiger partial charge in [0, 0.05) is 13.5 Å². The second-order valence-electron chi connectivity index (χ2n) is 3.30. The largest absolute Gasteiger partial charge is 0.432 e. The summed E-state index contributed by atoms with van der Waals surface area (Å²) >= 11 is 0. The predicted molar refractivity (Wildman–Crippen MR) is 47.7 cm³/mol. The Hall–Kier alpha value is -0.690. The molecular weight excluding hydrogens is 232 g/mol. The molecule has 0 aliphatic rings. The summed E-state index contributed by atoms with van der Waals surface area (Å²) in [5.41, 5.74) is -4.21. The Bertz CT molecular complexity index is 241. The third-order valence-corrected chi connectivity index (χ3v) is 2.20. The molecule has 0 bridgehead atoms. The average Bonchev–Trinajstić information content (AvgIpc) is 2.21. The summed E-state index contributed by atoms with van der Waals surface area (Å²) < 4.78 is 55.3. The van der Waals surface area contributed by atoms with Gasteiger partial charge in [0.2, 0.25) is 0 Å². The standard InChI is InChI=1S/C9H14F4O3/c1-3-6(14)8(10,9(11,12)13)7(15)4-5-16-2/h6,14H,3-5H2,1-2H3. The van der Waals surface area contributed by atoms with E-state index in [1.807, 2.05) is 0 Å². The molecule has 0 aromatic rings. The van der Waals surface area contributed by atoms with E-state index in [4.69, 9.17) is 5.11 Å². The van der Waals surface area contributed by atoms with Gasteiger partial charge in [-0.15, -0.1) is 0 Å². The quantitative estimate of drug-likeness (QED) is 0.724. The Morgan fingerprint density at radius 1 is 1.38 bits per heavy atom. The number of aliphatic hydroxyl groups excluding tert-OH is 1. The first-order chi connectivity index (χ1) is 7.21. The first-order valence-electron chi connectivity index (χ1n) is 4.67. The van der Waals surface area contributed by atoms with Gasteiger partial charge < -0.3 is 9.84 Å². The maximum atomic E-state index is 13.6. The van der Waals surface area contributed by atoms with Crippen molar-refractivity contribution in [2.24, 2.45) is 0 Å². The Labute approximate surface area is 90.4 Å². The lowest BCUT2D eigenvalue weighted by atomic mass is 9.89. The molecule has 0 spiro atoms. The van der Waals surface area contributed by atoms with Crippen LogP contribution in [0.2, 0.25) is 0 Å². The Morgan fingerprint density at radius 3 is 2.19 bits per heavy atom. The van der Waals surface area contributed by atoms with Gasteiger partial charge in [-0.1, -0.05) is 6.92 Å². The summed E-state index contributed by atoms with van der Waals surface area (Å²) in [5, 5.41) is 9.03. The highest BCUT2D eigenvalue weighted by atomic mass is 19.4. The van der Waals surface area contributed by atoms with Crippen molar-refractivity contribution in [3.63, 3.8) is 0 Å². The molecule has 3 nitrogen and oxygen atoms in total. The van der Waals surface area contributed by atoms with Gasteiger partial charge in [-0.3, -0.25) is 4.79 Å². The topological polar surface area (TPSA) is 46.5 Å². The number of ketones is 1. The number of alkyl halides is 4. The van der Waals surface area contributed by atoms with Crippen LogP contribution in [0.1, 0.15) is 19.8 Å². The summed E-state index contributed by atoms with van der Waals surface area (Å²) in [5.74, 6) is -1.71. The third-order valence-electron chi connectivity index (χ3n) is 2.20. The summed E-state index contributed by atoms with van der Waals surface area (Å²) in [7, 11) is 1.18. The molecule has 0 aromatic carbocycles. The van der Waals surface area contributed by atoms with Crippen LogP contribution in [0.3, 0.4) is 0 Å².